The molecule has 0 aliphatic heterocycles. The topological polar surface area (TPSA) is 51.0 Å². The van der Waals surface area contributed by atoms with Gasteiger partial charge in [0.15, 0.2) is 0 Å². The van der Waals surface area contributed by atoms with Crippen molar-refractivity contribution in [2.75, 3.05) is 7.11 Å². The van der Waals surface area contributed by atoms with E-state index in [4.69, 9.17) is 14.7 Å². The van der Waals surface area contributed by atoms with E-state index < -0.39 is 11.7 Å². The molecule has 0 bridgehead atoms. The summed E-state index contributed by atoms with van der Waals surface area (Å²) in [6.07, 6.45) is -4.57. The van der Waals surface area contributed by atoms with Gasteiger partial charge in [-0.2, -0.15) is 13.2 Å². The Balaban J connectivity index is 2.33. The number of alkyl halides is 3. The zero-order chi connectivity index (χ0) is 17.0. The third kappa shape index (κ3) is 3.94. The summed E-state index contributed by atoms with van der Waals surface area (Å²) in [6, 6.07) is 9.63. The van der Waals surface area contributed by atoms with Crippen molar-refractivity contribution < 1.29 is 27.9 Å². The van der Waals surface area contributed by atoms with Gasteiger partial charge in [0.25, 0.3) is 0 Å². The highest BCUT2D eigenvalue weighted by molar-refractivity contribution is 5.98. The molecular weight excluding hydrogens is 311 g/mol. The molecular formula is C16H14F3NO3. The second-order valence-corrected chi connectivity index (χ2v) is 4.67. The number of methoxy groups -OCH3 is 1. The van der Waals surface area contributed by atoms with Gasteiger partial charge in [-0.1, -0.05) is 5.16 Å². The first-order valence-corrected chi connectivity index (χ1v) is 6.57. The van der Waals surface area contributed by atoms with E-state index in [2.05, 4.69) is 5.16 Å². The first kappa shape index (κ1) is 16.7. The average Bonchev–Trinajstić information content (AvgIpc) is 2.54. The highest BCUT2D eigenvalue weighted by Gasteiger charge is 2.35. The van der Waals surface area contributed by atoms with E-state index in [1.165, 1.54) is 31.4 Å². The first-order chi connectivity index (χ1) is 10.8. The molecule has 0 radical (unpaired) electrons. The molecule has 0 saturated heterocycles. The van der Waals surface area contributed by atoms with Crippen LogP contribution >= 0.6 is 0 Å². The zero-order valence-corrected chi connectivity index (χ0v) is 12.4. The molecule has 0 fully saturated rings. The summed E-state index contributed by atoms with van der Waals surface area (Å²) < 4.78 is 49.5. The van der Waals surface area contributed by atoms with Crippen molar-refractivity contribution in [1.82, 2.24) is 0 Å². The van der Waals surface area contributed by atoms with Crippen molar-refractivity contribution >= 4 is 5.71 Å². The predicted octanol–water partition coefficient (Wildman–Crippen LogP) is 4.70. The molecule has 4 nitrogen and oxygen atoms in total. The number of benzene rings is 2. The van der Waals surface area contributed by atoms with Gasteiger partial charge in [0.2, 0.25) is 0 Å². The molecule has 122 valence electrons. The van der Waals surface area contributed by atoms with Gasteiger partial charge >= 0.3 is 6.18 Å². The van der Waals surface area contributed by atoms with Gasteiger partial charge in [0.05, 0.1) is 12.8 Å². The molecule has 0 aliphatic rings. The number of ether oxygens (including phenoxy) is 2. The molecule has 0 saturated carbocycles. The van der Waals surface area contributed by atoms with Gasteiger partial charge in [0, 0.05) is 0 Å². The molecule has 7 heteroatoms. The van der Waals surface area contributed by atoms with Crippen LogP contribution in [-0.2, 0) is 6.18 Å². The van der Waals surface area contributed by atoms with Gasteiger partial charge in [-0.15, -0.1) is 0 Å². The van der Waals surface area contributed by atoms with Crippen molar-refractivity contribution in [2.24, 2.45) is 5.16 Å². The number of rotatable bonds is 4. The average molecular weight is 325 g/mol. The minimum absolute atomic E-state index is 0.0924. The summed E-state index contributed by atoms with van der Waals surface area (Å²) in [4.78, 5) is 0. The molecule has 0 atom stereocenters. The van der Waals surface area contributed by atoms with Gasteiger partial charge in [-0.3, -0.25) is 0 Å². The van der Waals surface area contributed by atoms with Gasteiger partial charge in [-0.25, -0.2) is 0 Å². The van der Waals surface area contributed by atoms with Crippen LogP contribution in [0.2, 0.25) is 0 Å². The Bertz CT molecular complexity index is 710. The van der Waals surface area contributed by atoms with Crippen LogP contribution in [0, 0.1) is 0 Å². The highest BCUT2D eigenvalue weighted by atomic mass is 19.4. The number of nitrogens with zero attached hydrogens (tertiary/aromatic N) is 1. The standard InChI is InChI=1S/C16H14F3NO3/c1-10(20-21)11-3-5-12(6-4-11)23-15-8-7-13(22-2)9-14(15)16(17,18)19/h3-9,21H,1-2H3/b20-10+. The third-order valence-electron chi connectivity index (χ3n) is 3.14. The summed E-state index contributed by atoms with van der Waals surface area (Å²) in [6.45, 7) is 1.60. The predicted molar refractivity (Wildman–Crippen MR) is 78.5 cm³/mol. The fourth-order valence-corrected chi connectivity index (χ4v) is 1.90. The van der Waals surface area contributed by atoms with Crippen molar-refractivity contribution in [3.63, 3.8) is 0 Å². The largest absolute Gasteiger partial charge is 0.497 e. The third-order valence-corrected chi connectivity index (χ3v) is 3.14. The molecule has 23 heavy (non-hydrogen) atoms. The lowest BCUT2D eigenvalue weighted by molar-refractivity contribution is -0.138. The van der Waals surface area contributed by atoms with Crippen molar-refractivity contribution in [2.45, 2.75) is 13.1 Å². The number of hydrogen-bond acceptors (Lipinski definition) is 4. The van der Waals surface area contributed by atoms with Crippen LogP contribution in [0.4, 0.5) is 13.2 Å². The van der Waals surface area contributed by atoms with Crippen LogP contribution in [0.1, 0.15) is 18.1 Å². The maximum Gasteiger partial charge on any atom is 0.420 e. The van der Waals surface area contributed by atoms with Crippen LogP contribution in [0.15, 0.2) is 47.6 Å². The lowest BCUT2D eigenvalue weighted by atomic mass is 10.1. The molecule has 0 unspecified atom stereocenters. The summed E-state index contributed by atoms with van der Waals surface area (Å²) in [5.41, 5.74) is 0.0941. The minimum Gasteiger partial charge on any atom is -0.497 e. The normalized spacial score (nSPS) is 12.1. The fourth-order valence-electron chi connectivity index (χ4n) is 1.90. The highest BCUT2D eigenvalue weighted by Crippen LogP contribution is 2.40. The van der Waals surface area contributed by atoms with Crippen LogP contribution in [0.5, 0.6) is 17.2 Å². The van der Waals surface area contributed by atoms with Crippen LogP contribution in [0.25, 0.3) is 0 Å². The SMILES string of the molecule is COc1ccc(Oc2ccc(/C(C)=N/O)cc2)c(C(F)(F)F)c1. The van der Waals surface area contributed by atoms with Gasteiger partial charge in [-0.05, 0) is 55.0 Å². The smallest absolute Gasteiger partial charge is 0.420 e. The number of hydrogen-bond donors (Lipinski definition) is 1. The molecule has 0 amide bonds. The summed E-state index contributed by atoms with van der Waals surface area (Å²) >= 11 is 0. The van der Waals surface area contributed by atoms with Gasteiger partial charge in [0.1, 0.15) is 22.8 Å². The second-order valence-electron chi connectivity index (χ2n) is 4.67. The molecule has 0 aromatic heterocycles. The Hall–Kier alpha value is -2.70. The molecule has 2 aromatic rings. The lowest BCUT2D eigenvalue weighted by Crippen LogP contribution is -2.07. The Kier molecular flexibility index (Phi) is 4.78. The van der Waals surface area contributed by atoms with E-state index in [1.807, 2.05) is 0 Å². The lowest BCUT2D eigenvalue weighted by Gasteiger charge is -2.15. The number of oxime groups is 1. The zero-order valence-electron chi connectivity index (χ0n) is 12.4. The van der Waals surface area contributed by atoms with E-state index in [9.17, 15) is 13.2 Å². The van der Waals surface area contributed by atoms with E-state index >= 15 is 0 Å². The van der Waals surface area contributed by atoms with E-state index in [0.29, 0.717) is 11.3 Å². The molecule has 1 N–H and O–H groups in total. The fraction of sp³-hybridized carbons (Fsp3) is 0.188. The van der Waals surface area contributed by atoms with Gasteiger partial charge < -0.3 is 14.7 Å². The first-order valence-electron chi connectivity index (χ1n) is 6.57. The van der Waals surface area contributed by atoms with E-state index in [1.54, 1.807) is 19.1 Å². The van der Waals surface area contributed by atoms with E-state index in [0.717, 1.165) is 6.07 Å². The van der Waals surface area contributed by atoms with Crippen molar-refractivity contribution in [1.29, 1.82) is 0 Å². The molecule has 0 heterocycles. The summed E-state index contributed by atoms with van der Waals surface area (Å²) in [7, 11) is 1.29. The Morgan fingerprint density at radius 3 is 2.17 bits per heavy atom. The van der Waals surface area contributed by atoms with Crippen LogP contribution < -0.4 is 9.47 Å². The maximum absolute atomic E-state index is 13.1. The Morgan fingerprint density at radius 2 is 1.65 bits per heavy atom. The Morgan fingerprint density at radius 1 is 1.04 bits per heavy atom. The molecule has 2 aromatic carbocycles. The Labute approximate surface area is 130 Å². The maximum atomic E-state index is 13.1. The van der Waals surface area contributed by atoms with Crippen molar-refractivity contribution in [3.05, 3.63) is 53.6 Å². The minimum atomic E-state index is -4.57. The quantitative estimate of drug-likeness (QED) is 0.503. The summed E-state index contributed by atoms with van der Waals surface area (Å²) in [5.74, 6) is 0.00330. The van der Waals surface area contributed by atoms with Crippen LogP contribution in [0.3, 0.4) is 0 Å². The van der Waals surface area contributed by atoms with Crippen LogP contribution in [-0.4, -0.2) is 18.0 Å². The van der Waals surface area contributed by atoms with E-state index in [-0.39, 0.29) is 17.2 Å². The molecule has 0 spiro atoms. The van der Waals surface area contributed by atoms with Crippen molar-refractivity contribution in [3.8, 4) is 17.2 Å². The second kappa shape index (κ2) is 6.60. The monoisotopic (exact) mass is 325 g/mol. The summed E-state index contributed by atoms with van der Waals surface area (Å²) in [5, 5.41) is 11.7. The number of halogens is 3. The molecule has 0 aliphatic carbocycles. The molecule has 2 rings (SSSR count).